The molecule has 0 amide bonds. The van der Waals surface area contributed by atoms with E-state index in [0.29, 0.717) is 29.9 Å². The zero-order valence-electron chi connectivity index (χ0n) is 19.6. The zero-order chi connectivity index (χ0) is 23.9. The van der Waals surface area contributed by atoms with Gasteiger partial charge >= 0.3 is 0 Å². The van der Waals surface area contributed by atoms with Gasteiger partial charge < -0.3 is 15.1 Å². The van der Waals surface area contributed by atoms with Crippen LogP contribution in [0.1, 0.15) is 25.5 Å². The predicted octanol–water partition coefficient (Wildman–Crippen LogP) is 3.49. The van der Waals surface area contributed by atoms with Crippen LogP contribution in [0.15, 0.2) is 57.9 Å². The van der Waals surface area contributed by atoms with Crippen LogP contribution < -0.4 is 16.2 Å². The van der Waals surface area contributed by atoms with Gasteiger partial charge in [0.1, 0.15) is 28.9 Å². The van der Waals surface area contributed by atoms with E-state index in [-0.39, 0.29) is 18.1 Å². The standard InChI is InChI=1S/C27H26N6O2/c1-2-3-13-32-24-23(30-27(32)31-12-6-8-20(28)16-31)15-29-33(26(24)34)17-21-14-19-11-10-18-7-4-5-9-22(18)25(19)35-21/h4-5,7,9-11,14-15,20H,6,8,12-13,16-17,28H2,1H3. The Bertz CT molecular complexity index is 1680. The summed E-state index contributed by atoms with van der Waals surface area (Å²) in [5.41, 5.74) is 7.88. The summed E-state index contributed by atoms with van der Waals surface area (Å²) in [6.07, 6.45) is 3.64. The number of nitrogens with zero attached hydrogens (tertiary/aromatic N) is 5. The molecule has 0 bridgehead atoms. The van der Waals surface area contributed by atoms with Gasteiger partial charge in [0.25, 0.3) is 5.56 Å². The molecule has 8 nitrogen and oxygen atoms in total. The number of hydrogen-bond donors (Lipinski definition) is 1. The molecule has 5 aromatic rings. The number of aromatic nitrogens is 4. The molecular formula is C27H26N6O2. The normalized spacial score (nSPS) is 16.2. The maximum atomic E-state index is 13.6. The summed E-state index contributed by atoms with van der Waals surface area (Å²) < 4.78 is 9.53. The van der Waals surface area contributed by atoms with E-state index in [4.69, 9.17) is 15.1 Å². The first-order valence-electron chi connectivity index (χ1n) is 11.9. The second kappa shape index (κ2) is 8.60. The molecule has 1 atom stereocenters. The number of fused-ring (bicyclic) bond motifs is 4. The molecule has 0 spiro atoms. The van der Waals surface area contributed by atoms with Crippen LogP contribution in [0.25, 0.3) is 32.8 Å². The Morgan fingerprint density at radius 1 is 1.20 bits per heavy atom. The molecule has 1 fully saturated rings. The van der Waals surface area contributed by atoms with Crippen molar-refractivity contribution in [1.82, 2.24) is 19.3 Å². The molecule has 1 aliphatic heterocycles. The molecule has 35 heavy (non-hydrogen) atoms. The summed E-state index contributed by atoms with van der Waals surface area (Å²) in [5.74, 6) is 7.42. The van der Waals surface area contributed by atoms with Crippen molar-refractivity contribution in [2.45, 2.75) is 38.9 Å². The van der Waals surface area contributed by atoms with E-state index in [2.05, 4.69) is 34.0 Å². The third-order valence-corrected chi connectivity index (χ3v) is 6.65. The highest BCUT2D eigenvalue weighted by Crippen LogP contribution is 2.28. The monoisotopic (exact) mass is 466 g/mol. The number of nitrogens with two attached hydrogens (primary N) is 1. The van der Waals surface area contributed by atoms with Crippen molar-refractivity contribution >= 4 is 38.7 Å². The van der Waals surface area contributed by atoms with Crippen LogP contribution in [0.5, 0.6) is 0 Å². The number of furan rings is 1. The van der Waals surface area contributed by atoms with Crippen LogP contribution >= 0.6 is 0 Å². The molecule has 1 unspecified atom stereocenters. The van der Waals surface area contributed by atoms with Crippen molar-refractivity contribution in [2.75, 3.05) is 18.0 Å². The van der Waals surface area contributed by atoms with E-state index < -0.39 is 0 Å². The Hall–Kier alpha value is -4.09. The number of benzene rings is 2. The molecule has 2 N–H and O–H groups in total. The first-order chi connectivity index (χ1) is 17.1. The van der Waals surface area contributed by atoms with Crippen LogP contribution in [0.3, 0.4) is 0 Å². The number of imidazole rings is 1. The van der Waals surface area contributed by atoms with Gasteiger partial charge in [-0.25, -0.2) is 9.67 Å². The van der Waals surface area contributed by atoms with E-state index in [1.807, 2.05) is 34.9 Å². The van der Waals surface area contributed by atoms with Crippen molar-refractivity contribution in [3.8, 4) is 11.8 Å². The third-order valence-electron chi connectivity index (χ3n) is 6.65. The van der Waals surface area contributed by atoms with E-state index in [1.54, 1.807) is 13.1 Å². The highest BCUT2D eigenvalue weighted by molar-refractivity contribution is 6.04. The van der Waals surface area contributed by atoms with Crippen LogP contribution in [0, 0.1) is 11.8 Å². The molecule has 4 heterocycles. The van der Waals surface area contributed by atoms with Gasteiger partial charge in [0, 0.05) is 29.9 Å². The van der Waals surface area contributed by atoms with Gasteiger partial charge in [0.2, 0.25) is 5.95 Å². The SMILES string of the molecule is CC#CCn1c(N2CCCC(N)C2)nc2cnn(Cc3cc4ccc5ccccc5c4o3)c(=O)c21. The Kier molecular flexibility index (Phi) is 5.27. The van der Waals surface area contributed by atoms with E-state index >= 15 is 0 Å². The van der Waals surface area contributed by atoms with Gasteiger partial charge in [-0.3, -0.25) is 9.36 Å². The van der Waals surface area contributed by atoms with Crippen molar-refractivity contribution in [1.29, 1.82) is 0 Å². The molecule has 2 aromatic carbocycles. The summed E-state index contributed by atoms with van der Waals surface area (Å²) in [6.45, 7) is 3.96. The van der Waals surface area contributed by atoms with Gasteiger partial charge in [-0.05, 0) is 31.2 Å². The molecule has 0 aliphatic carbocycles. The van der Waals surface area contributed by atoms with Gasteiger partial charge in [0.05, 0.1) is 12.7 Å². The first-order valence-corrected chi connectivity index (χ1v) is 11.9. The number of rotatable bonds is 4. The highest BCUT2D eigenvalue weighted by Gasteiger charge is 2.24. The molecular weight excluding hydrogens is 440 g/mol. The summed E-state index contributed by atoms with van der Waals surface area (Å²) in [7, 11) is 0. The molecule has 1 aliphatic rings. The van der Waals surface area contributed by atoms with Crippen LogP contribution in [0.2, 0.25) is 0 Å². The molecule has 1 saturated heterocycles. The summed E-state index contributed by atoms with van der Waals surface area (Å²) in [4.78, 5) is 20.5. The fraction of sp³-hybridized carbons (Fsp3) is 0.296. The minimum Gasteiger partial charge on any atom is -0.458 e. The largest absolute Gasteiger partial charge is 0.458 e. The zero-order valence-corrected chi connectivity index (χ0v) is 19.6. The van der Waals surface area contributed by atoms with E-state index in [0.717, 1.165) is 47.1 Å². The number of anilines is 1. The topological polar surface area (TPSA) is 95.1 Å². The van der Waals surface area contributed by atoms with Gasteiger partial charge in [0.15, 0.2) is 0 Å². The maximum Gasteiger partial charge on any atom is 0.293 e. The molecule has 176 valence electrons. The van der Waals surface area contributed by atoms with Gasteiger partial charge in [-0.2, -0.15) is 5.10 Å². The average molecular weight is 467 g/mol. The maximum absolute atomic E-state index is 13.6. The predicted molar refractivity (Wildman–Crippen MR) is 137 cm³/mol. The fourth-order valence-corrected chi connectivity index (χ4v) is 4.97. The van der Waals surface area contributed by atoms with E-state index in [1.165, 1.54) is 4.68 Å². The molecule has 8 heteroatoms. The average Bonchev–Trinajstić information content (AvgIpc) is 3.46. The Morgan fingerprint density at radius 2 is 2.06 bits per heavy atom. The third kappa shape index (κ3) is 3.74. The molecule has 0 radical (unpaired) electrons. The van der Waals surface area contributed by atoms with Crippen LogP contribution in [-0.4, -0.2) is 38.5 Å². The van der Waals surface area contributed by atoms with Crippen molar-refractivity contribution < 1.29 is 4.42 Å². The van der Waals surface area contributed by atoms with Gasteiger partial charge in [-0.1, -0.05) is 42.3 Å². The van der Waals surface area contributed by atoms with Crippen molar-refractivity contribution in [3.63, 3.8) is 0 Å². The minimum absolute atomic E-state index is 0.0909. The fourth-order valence-electron chi connectivity index (χ4n) is 4.97. The molecule has 6 rings (SSSR count). The number of piperidine rings is 1. The lowest BCUT2D eigenvalue weighted by atomic mass is 10.1. The Morgan fingerprint density at radius 3 is 2.91 bits per heavy atom. The molecule has 0 saturated carbocycles. The Labute approximate surface area is 201 Å². The lowest BCUT2D eigenvalue weighted by molar-refractivity contribution is 0.495. The minimum atomic E-state index is -0.217. The quantitative estimate of drug-likeness (QED) is 0.408. The van der Waals surface area contributed by atoms with Crippen LogP contribution in [0.4, 0.5) is 5.95 Å². The number of hydrogen-bond acceptors (Lipinski definition) is 6. The highest BCUT2D eigenvalue weighted by atomic mass is 16.3. The summed E-state index contributed by atoms with van der Waals surface area (Å²) in [5, 5.41) is 7.58. The smallest absolute Gasteiger partial charge is 0.293 e. The summed E-state index contributed by atoms with van der Waals surface area (Å²) >= 11 is 0. The lowest BCUT2D eigenvalue weighted by Gasteiger charge is -2.31. The summed E-state index contributed by atoms with van der Waals surface area (Å²) in [6, 6.07) is 14.3. The van der Waals surface area contributed by atoms with Crippen molar-refractivity contribution in [3.05, 3.63) is 64.8 Å². The van der Waals surface area contributed by atoms with Crippen molar-refractivity contribution in [2.24, 2.45) is 5.73 Å². The van der Waals surface area contributed by atoms with Gasteiger partial charge in [-0.15, -0.1) is 5.92 Å². The second-order valence-corrected chi connectivity index (χ2v) is 9.03. The molecule has 3 aromatic heterocycles. The lowest BCUT2D eigenvalue weighted by Crippen LogP contribution is -2.44. The first kappa shape index (κ1) is 21.4. The Balaban J connectivity index is 1.43. The second-order valence-electron chi connectivity index (χ2n) is 9.03. The van der Waals surface area contributed by atoms with Crippen LogP contribution in [-0.2, 0) is 13.1 Å². The van der Waals surface area contributed by atoms with E-state index in [9.17, 15) is 4.79 Å².